The third-order valence-corrected chi connectivity index (χ3v) is 10.9. The van der Waals surface area contributed by atoms with Crippen molar-refractivity contribution >= 4 is 45.5 Å². The number of thioether (sulfide) groups is 1. The van der Waals surface area contributed by atoms with Gasteiger partial charge in [0, 0.05) is 22.7 Å². The number of aliphatic hydroxyl groups is 1. The van der Waals surface area contributed by atoms with Gasteiger partial charge in [-0.2, -0.15) is 0 Å². The number of rotatable bonds is 12. The van der Waals surface area contributed by atoms with Crippen molar-refractivity contribution in [3.63, 3.8) is 0 Å². The quantitative estimate of drug-likeness (QED) is 0.218. The van der Waals surface area contributed by atoms with Gasteiger partial charge < -0.3 is 19.6 Å². The van der Waals surface area contributed by atoms with Gasteiger partial charge in [-0.1, -0.05) is 49.2 Å². The number of halogens is 1. The first-order valence-corrected chi connectivity index (χ1v) is 14.7. The van der Waals surface area contributed by atoms with E-state index in [1.54, 1.807) is 29.7 Å². The van der Waals surface area contributed by atoms with E-state index in [0.717, 1.165) is 12.8 Å². The molecule has 35 heavy (non-hydrogen) atoms. The lowest BCUT2D eigenvalue weighted by Crippen LogP contribution is -2.59. The topological polar surface area (TPSA) is 87.2 Å². The number of nitrogens with zero attached hydrogens (tertiary/aromatic N) is 2. The summed E-state index contributed by atoms with van der Waals surface area (Å²) in [5.74, 6) is -1.68. The van der Waals surface area contributed by atoms with Crippen LogP contribution in [0.3, 0.4) is 0 Å². The highest BCUT2D eigenvalue weighted by Gasteiger charge is 2.76. The highest BCUT2D eigenvalue weighted by Crippen LogP contribution is 2.68. The Balaban J connectivity index is 2.13. The van der Waals surface area contributed by atoms with Crippen LogP contribution >= 0.6 is 27.7 Å². The summed E-state index contributed by atoms with van der Waals surface area (Å²) in [6.07, 6.45) is 4.70. The van der Waals surface area contributed by atoms with Gasteiger partial charge in [0.25, 0.3) is 0 Å². The largest absolute Gasteiger partial charge is 0.466 e. The molecule has 3 aliphatic heterocycles. The molecule has 3 rings (SSSR count). The molecular formula is C26H41BrN2O5S. The number of fused-ring (bicyclic) bond motifs is 1. The minimum absolute atomic E-state index is 0.000184. The Morgan fingerprint density at radius 2 is 2.06 bits per heavy atom. The second-order valence-electron chi connectivity index (χ2n) is 10.5. The van der Waals surface area contributed by atoms with Gasteiger partial charge in [-0.15, -0.1) is 18.3 Å². The van der Waals surface area contributed by atoms with Gasteiger partial charge in [-0.25, -0.2) is 0 Å². The molecule has 8 atom stereocenters. The van der Waals surface area contributed by atoms with E-state index < -0.39 is 28.7 Å². The number of hydrogen-bond donors (Lipinski definition) is 1. The Labute approximate surface area is 222 Å². The van der Waals surface area contributed by atoms with E-state index in [0.29, 0.717) is 19.4 Å². The number of carbonyl (C=O) groups excluding carboxylic acids is 3. The van der Waals surface area contributed by atoms with Gasteiger partial charge in [-0.3, -0.25) is 14.4 Å². The third kappa shape index (κ3) is 4.93. The Morgan fingerprint density at radius 3 is 2.60 bits per heavy atom. The molecule has 0 radical (unpaired) electrons. The lowest BCUT2D eigenvalue weighted by atomic mass is 9.71. The first kappa shape index (κ1) is 28.5. The van der Waals surface area contributed by atoms with Crippen LogP contribution in [0.4, 0.5) is 0 Å². The monoisotopic (exact) mass is 572 g/mol. The fourth-order valence-electron chi connectivity index (χ4n) is 6.43. The Kier molecular flexibility index (Phi) is 9.41. The lowest BCUT2D eigenvalue weighted by molar-refractivity contribution is -0.154. The molecule has 9 heteroatoms. The SMILES string of the molecule is C=CCN(C(=O)C1N([C@@H](CO)CC(C)C)C(=O)[C@@H]2[C@@H](C(=O)OCC)[C@@H]3SC12CC3Br)C(C)CCC. The molecule has 0 saturated carbocycles. The molecule has 3 fully saturated rings. The van der Waals surface area contributed by atoms with Gasteiger partial charge in [0.1, 0.15) is 6.04 Å². The van der Waals surface area contributed by atoms with Crippen molar-refractivity contribution in [2.45, 2.75) is 93.3 Å². The first-order chi connectivity index (χ1) is 16.6. The van der Waals surface area contributed by atoms with E-state index >= 15 is 0 Å². The zero-order chi connectivity index (χ0) is 26.1. The summed E-state index contributed by atoms with van der Waals surface area (Å²) in [4.78, 5) is 45.2. The molecule has 0 aromatic carbocycles. The van der Waals surface area contributed by atoms with Crippen LogP contribution in [0.25, 0.3) is 0 Å². The second-order valence-corrected chi connectivity index (χ2v) is 13.3. The zero-order valence-electron chi connectivity index (χ0n) is 21.6. The maximum absolute atomic E-state index is 14.4. The van der Waals surface area contributed by atoms with Crippen molar-refractivity contribution < 1.29 is 24.2 Å². The summed E-state index contributed by atoms with van der Waals surface area (Å²) < 4.78 is 4.68. The van der Waals surface area contributed by atoms with Crippen LogP contribution in [0.2, 0.25) is 0 Å². The number of aliphatic hydroxyl groups excluding tert-OH is 1. The van der Waals surface area contributed by atoms with Gasteiger partial charge in [0.05, 0.1) is 35.8 Å². The molecule has 198 valence electrons. The number of likely N-dealkylation sites (tertiary alicyclic amines) is 1. The van der Waals surface area contributed by atoms with E-state index in [1.807, 2.05) is 25.7 Å². The molecule has 3 aliphatic rings. The van der Waals surface area contributed by atoms with Crippen molar-refractivity contribution in [3.8, 4) is 0 Å². The van der Waals surface area contributed by atoms with Gasteiger partial charge in [0.2, 0.25) is 11.8 Å². The highest BCUT2D eigenvalue weighted by molar-refractivity contribution is 9.09. The summed E-state index contributed by atoms with van der Waals surface area (Å²) in [7, 11) is 0. The molecule has 2 bridgehead atoms. The molecule has 1 spiro atoms. The normalized spacial score (nSPS) is 33.1. The Hall–Kier alpha value is -1.06. The standard InChI is InChI=1S/C26H41BrN2O5S/c1-7-10-16(6)28(11-8-2)24(32)22-26-13-18(27)21(35-26)19(25(33)34-9-3)20(26)23(31)29(22)17(14-30)12-15(4)5/h8,15-22,30H,2,7,9-14H2,1,3-6H3/t16?,17-,18?,19-,20+,21-,22?,26?/m1/s1. The van der Waals surface area contributed by atoms with E-state index in [1.165, 1.54) is 0 Å². The van der Waals surface area contributed by atoms with E-state index in [9.17, 15) is 19.5 Å². The molecule has 1 N–H and O–H groups in total. The molecular weight excluding hydrogens is 532 g/mol. The van der Waals surface area contributed by atoms with Crippen LogP contribution in [0, 0.1) is 17.8 Å². The summed E-state index contributed by atoms with van der Waals surface area (Å²) in [5.41, 5.74) is 0. The van der Waals surface area contributed by atoms with Gasteiger partial charge in [-0.05, 0) is 39.0 Å². The van der Waals surface area contributed by atoms with E-state index in [4.69, 9.17) is 4.74 Å². The van der Waals surface area contributed by atoms with Gasteiger partial charge >= 0.3 is 5.97 Å². The molecule has 0 aromatic rings. The fraction of sp³-hybridized carbons (Fsp3) is 0.808. The summed E-state index contributed by atoms with van der Waals surface area (Å²) in [5, 5.41) is 10.3. The highest BCUT2D eigenvalue weighted by atomic mass is 79.9. The van der Waals surface area contributed by atoms with Crippen molar-refractivity contribution in [3.05, 3.63) is 12.7 Å². The maximum Gasteiger partial charge on any atom is 0.310 e. The fourth-order valence-corrected chi connectivity index (χ4v) is 10.0. The minimum atomic E-state index is -0.746. The average molecular weight is 574 g/mol. The lowest BCUT2D eigenvalue weighted by Gasteiger charge is -2.41. The van der Waals surface area contributed by atoms with Crippen LogP contribution in [-0.4, -0.2) is 85.4 Å². The minimum Gasteiger partial charge on any atom is -0.466 e. The predicted molar refractivity (Wildman–Crippen MR) is 142 cm³/mol. The van der Waals surface area contributed by atoms with Crippen LogP contribution < -0.4 is 0 Å². The second kappa shape index (κ2) is 11.5. The maximum atomic E-state index is 14.4. The Morgan fingerprint density at radius 1 is 1.37 bits per heavy atom. The number of carbonyl (C=O) groups is 3. The molecule has 3 saturated heterocycles. The van der Waals surface area contributed by atoms with Crippen molar-refractivity contribution in [2.24, 2.45) is 17.8 Å². The number of amides is 2. The van der Waals surface area contributed by atoms with Gasteiger partial charge in [0.15, 0.2) is 0 Å². The Bertz CT molecular complexity index is 826. The molecule has 2 amide bonds. The van der Waals surface area contributed by atoms with Crippen LogP contribution in [-0.2, 0) is 19.1 Å². The summed E-state index contributed by atoms with van der Waals surface area (Å²) in [6.45, 7) is 14.3. The smallest absolute Gasteiger partial charge is 0.310 e. The predicted octanol–water partition coefficient (Wildman–Crippen LogP) is 3.62. The molecule has 0 aromatic heterocycles. The summed E-state index contributed by atoms with van der Waals surface area (Å²) >= 11 is 5.38. The number of hydrogen-bond acceptors (Lipinski definition) is 6. The van der Waals surface area contributed by atoms with Crippen LogP contribution in [0.15, 0.2) is 12.7 Å². The van der Waals surface area contributed by atoms with Crippen LogP contribution in [0.5, 0.6) is 0 Å². The molecule has 0 aliphatic carbocycles. The summed E-state index contributed by atoms with van der Waals surface area (Å²) in [6, 6.07) is -1.25. The average Bonchev–Trinajstić information content (AvgIpc) is 3.39. The number of alkyl halides is 1. The number of esters is 1. The number of ether oxygens (including phenoxy) is 1. The van der Waals surface area contributed by atoms with Crippen molar-refractivity contribution in [1.29, 1.82) is 0 Å². The van der Waals surface area contributed by atoms with Crippen LogP contribution in [0.1, 0.15) is 60.3 Å². The zero-order valence-corrected chi connectivity index (χ0v) is 24.0. The molecule has 3 heterocycles. The molecule has 4 unspecified atom stereocenters. The molecule has 7 nitrogen and oxygen atoms in total. The van der Waals surface area contributed by atoms with E-state index in [-0.39, 0.29) is 53.0 Å². The first-order valence-electron chi connectivity index (χ1n) is 12.9. The third-order valence-electron chi connectivity index (χ3n) is 7.71. The van der Waals surface area contributed by atoms with Crippen molar-refractivity contribution in [2.75, 3.05) is 19.8 Å². The van der Waals surface area contributed by atoms with E-state index in [2.05, 4.69) is 29.4 Å². The van der Waals surface area contributed by atoms with Crippen molar-refractivity contribution in [1.82, 2.24) is 9.80 Å².